The first-order valence-electron chi connectivity index (χ1n) is 8.42. The van der Waals surface area contributed by atoms with Crippen molar-refractivity contribution in [1.29, 1.82) is 0 Å². The van der Waals surface area contributed by atoms with Crippen LogP contribution in [0.1, 0.15) is 32.3 Å². The molecule has 2 aromatic carbocycles. The number of nitrogens with one attached hydrogen (secondary N) is 1. The topological polar surface area (TPSA) is 75.6 Å². The number of anilines is 1. The average molecular weight is 377 g/mol. The van der Waals surface area contributed by atoms with Gasteiger partial charge in [-0.2, -0.15) is 0 Å². The third-order valence-corrected chi connectivity index (χ3v) is 4.12. The van der Waals surface area contributed by atoms with Crippen molar-refractivity contribution < 1.29 is 28.2 Å². The van der Waals surface area contributed by atoms with Gasteiger partial charge in [0.1, 0.15) is 5.82 Å². The maximum atomic E-state index is 13.4. The summed E-state index contributed by atoms with van der Waals surface area (Å²) >= 11 is 0. The van der Waals surface area contributed by atoms with Gasteiger partial charge in [-0.05, 0) is 50.1 Å². The Morgan fingerprint density at radius 3 is 2.37 bits per heavy atom. The van der Waals surface area contributed by atoms with Crippen molar-refractivity contribution in [1.82, 2.24) is 0 Å². The van der Waals surface area contributed by atoms with Crippen molar-refractivity contribution in [3.8, 4) is 5.75 Å². The summed E-state index contributed by atoms with van der Waals surface area (Å²) in [6, 6.07) is 9.63. The number of halogens is 2. The first-order chi connectivity index (χ1) is 12.7. The van der Waals surface area contributed by atoms with Gasteiger partial charge in [-0.3, -0.25) is 9.59 Å². The second-order valence-electron chi connectivity index (χ2n) is 6.58. The number of carboxylic acid groups (broad SMARTS) is 1. The predicted octanol–water partition coefficient (Wildman–Crippen LogP) is 4.12. The zero-order chi connectivity index (χ0) is 20.0. The minimum atomic E-state index is -1.02. The fraction of sp³-hybridized carbons (Fsp3) is 0.300. The summed E-state index contributed by atoms with van der Waals surface area (Å²) in [5.41, 5.74) is 0.161. The minimum absolute atomic E-state index is 0.0616. The van der Waals surface area contributed by atoms with Gasteiger partial charge in [0.25, 0.3) is 0 Å². The molecule has 5 nitrogen and oxygen atoms in total. The number of amides is 1. The van der Waals surface area contributed by atoms with E-state index in [2.05, 4.69) is 5.32 Å². The summed E-state index contributed by atoms with van der Waals surface area (Å²) < 4.78 is 31.4. The molecule has 144 valence electrons. The Morgan fingerprint density at radius 1 is 1.11 bits per heavy atom. The normalized spacial score (nSPS) is 11.1. The molecule has 0 unspecified atom stereocenters. The van der Waals surface area contributed by atoms with Gasteiger partial charge in [0.2, 0.25) is 5.91 Å². The highest BCUT2D eigenvalue weighted by atomic mass is 19.1. The Balaban J connectivity index is 1.79. The fourth-order valence-corrected chi connectivity index (χ4v) is 2.32. The summed E-state index contributed by atoms with van der Waals surface area (Å²) in [5.74, 6) is -2.71. The van der Waals surface area contributed by atoms with E-state index in [0.717, 1.165) is 12.1 Å². The Kier molecular flexibility index (Phi) is 6.50. The molecule has 0 fully saturated rings. The van der Waals surface area contributed by atoms with Gasteiger partial charge >= 0.3 is 5.97 Å². The van der Waals surface area contributed by atoms with E-state index in [1.165, 1.54) is 6.07 Å². The second kappa shape index (κ2) is 8.62. The Labute approximate surface area is 156 Å². The SMILES string of the molecule is CC(C)(C(=O)O)c1ccc(NC(=O)CCCOc2ccc(F)cc2F)cc1. The second-order valence-corrected chi connectivity index (χ2v) is 6.58. The average Bonchev–Trinajstić information content (AvgIpc) is 2.60. The summed E-state index contributed by atoms with van der Waals surface area (Å²) in [4.78, 5) is 23.2. The number of aliphatic carboxylic acids is 1. The van der Waals surface area contributed by atoms with E-state index in [9.17, 15) is 23.5 Å². The number of hydrogen-bond donors (Lipinski definition) is 2. The van der Waals surface area contributed by atoms with Crippen molar-refractivity contribution in [3.63, 3.8) is 0 Å². The van der Waals surface area contributed by atoms with Crippen LogP contribution in [0.15, 0.2) is 42.5 Å². The van der Waals surface area contributed by atoms with Crippen molar-refractivity contribution in [3.05, 3.63) is 59.7 Å². The number of carbonyl (C=O) groups is 2. The summed E-state index contributed by atoms with van der Waals surface area (Å²) in [6.07, 6.45) is 0.512. The molecule has 7 heteroatoms. The lowest BCUT2D eigenvalue weighted by atomic mass is 9.85. The van der Waals surface area contributed by atoms with E-state index in [1.807, 2.05) is 0 Å². The van der Waals surface area contributed by atoms with E-state index in [4.69, 9.17) is 4.74 Å². The van der Waals surface area contributed by atoms with Crippen LogP contribution in [0.2, 0.25) is 0 Å². The van der Waals surface area contributed by atoms with Gasteiger partial charge in [0, 0.05) is 18.2 Å². The van der Waals surface area contributed by atoms with Crippen LogP contribution in [0.3, 0.4) is 0 Å². The van der Waals surface area contributed by atoms with Crippen molar-refractivity contribution >= 4 is 17.6 Å². The van der Waals surface area contributed by atoms with Crippen molar-refractivity contribution in [2.24, 2.45) is 0 Å². The zero-order valence-electron chi connectivity index (χ0n) is 15.1. The number of rotatable bonds is 8. The lowest BCUT2D eigenvalue weighted by molar-refractivity contribution is -0.142. The first kappa shape index (κ1) is 20.4. The number of hydrogen-bond acceptors (Lipinski definition) is 3. The molecule has 0 heterocycles. The maximum absolute atomic E-state index is 13.4. The molecule has 0 aliphatic heterocycles. The summed E-state index contributed by atoms with van der Waals surface area (Å²) in [7, 11) is 0. The summed E-state index contributed by atoms with van der Waals surface area (Å²) in [5, 5.41) is 11.9. The fourth-order valence-electron chi connectivity index (χ4n) is 2.32. The highest BCUT2D eigenvalue weighted by Gasteiger charge is 2.29. The Morgan fingerprint density at radius 2 is 1.78 bits per heavy atom. The predicted molar refractivity (Wildman–Crippen MR) is 96.8 cm³/mol. The molecular formula is C20H21F2NO4. The highest BCUT2D eigenvalue weighted by molar-refractivity contribution is 5.90. The molecule has 2 aromatic rings. The van der Waals surface area contributed by atoms with E-state index < -0.39 is 23.0 Å². The number of ether oxygens (including phenoxy) is 1. The van der Waals surface area contributed by atoms with Crippen molar-refractivity contribution in [2.75, 3.05) is 11.9 Å². The van der Waals surface area contributed by atoms with Crippen LogP contribution in [0, 0.1) is 11.6 Å². The van der Waals surface area contributed by atoms with Crippen LogP contribution in [-0.4, -0.2) is 23.6 Å². The number of carbonyl (C=O) groups excluding carboxylic acids is 1. The van der Waals surface area contributed by atoms with Gasteiger partial charge in [-0.15, -0.1) is 0 Å². The molecule has 0 aliphatic rings. The molecule has 2 rings (SSSR count). The molecule has 0 aliphatic carbocycles. The lowest BCUT2D eigenvalue weighted by Gasteiger charge is -2.19. The van der Waals surface area contributed by atoms with Gasteiger partial charge < -0.3 is 15.2 Å². The molecule has 0 aromatic heterocycles. The molecule has 0 spiro atoms. The number of benzene rings is 2. The lowest BCUT2D eigenvalue weighted by Crippen LogP contribution is -2.28. The highest BCUT2D eigenvalue weighted by Crippen LogP contribution is 2.25. The molecule has 0 atom stereocenters. The monoisotopic (exact) mass is 377 g/mol. The van der Waals surface area contributed by atoms with E-state index in [-0.39, 0.29) is 24.7 Å². The molecule has 0 saturated carbocycles. The van der Waals surface area contributed by atoms with Crippen LogP contribution < -0.4 is 10.1 Å². The van der Waals surface area contributed by atoms with Crippen molar-refractivity contribution in [2.45, 2.75) is 32.1 Å². The third-order valence-electron chi connectivity index (χ3n) is 4.12. The first-order valence-corrected chi connectivity index (χ1v) is 8.42. The molecule has 0 saturated heterocycles. The Bertz CT molecular complexity index is 819. The standard InChI is InChI=1S/C20H21F2NO4/c1-20(2,19(25)26)13-5-8-15(9-6-13)23-18(24)4-3-11-27-17-10-7-14(21)12-16(17)22/h5-10,12H,3-4,11H2,1-2H3,(H,23,24)(H,25,26). The molecule has 0 radical (unpaired) electrons. The molecule has 27 heavy (non-hydrogen) atoms. The largest absolute Gasteiger partial charge is 0.491 e. The molecular weight excluding hydrogens is 356 g/mol. The molecule has 0 bridgehead atoms. The Hall–Kier alpha value is -2.96. The number of carboxylic acids is 1. The van der Waals surface area contributed by atoms with E-state index in [0.29, 0.717) is 17.7 Å². The van der Waals surface area contributed by atoms with Gasteiger partial charge in [0.15, 0.2) is 11.6 Å². The van der Waals surface area contributed by atoms with Gasteiger partial charge in [-0.25, -0.2) is 8.78 Å². The molecule has 1 amide bonds. The third kappa shape index (κ3) is 5.51. The van der Waals surface area contributed by atoms with Gasteiger partial charge in [-0.1, -0.05) is 12.1 Å². The van der Waals surface area contributed by atoms with Crippen LogP contribution in [0.4, 0.5) is 14.5 Å². The van der Waals surface area contributed by atoms with E-state index >= 15 is 0 Å². The van der Waals surface area contributed by atoms with Crippen LogP contribution >= 0.6 is 0 Å². The quantitative estimate of drug-likeness (QED) is 0.679. The maximum Gasteiger partial charge on any atom is 0.313 e. The zero-order valence-corrected chi connectivity index (χ0v) is 15.1. The molecule has 2 N–H and O–H groups in total. The summed E-state index contributed by atoms with van der Waals surface area (Å²) in [6.45, 7) is 3.32. The van der Waals surface area contributed by atoms with E-state index in [1.54, 1.807) is 38.1 Å². The van der Waals surface area contributed by atoms with Gasteiger partial charge in [0.05, 0.1) is 12.0 Å². The van der Waals surface area contributed by atoms with Crippen LogP contribution in [0.5, 0.6) is 5.75 Å². The smallest absolute Gasteiger partial charge is 0.313 e. The minimum Gasteiger partial charge on any atom is -0.491 e. The van der Waals surface area contributed by atoms with Crippen LogP contribution in [-0.2, 0) is 15.0 Å². The van der Waals surface area contributed by atoms with Crippen LogP contribution in [0.25, 0.3) is 0 Å².